The van der Waals surface area contributed by atoms with Crippen LogP contribution in [0.5, 0.6) is 0 Å². The minimum absolute atomic E-state index is 0.0645. The summed E-state index contributed by atoms with van der Waals surface area (Å²) in [6.07, 6.45) is -0.582. The van der Waals surface area contributed by atoms with E-state index >= 15 is 0 Å². The molecule has 28 heavy (non-hydrogen) atoms. The number of hydrogen-bond acceptors (Lipinski definition) is 3. The number of carboxylic acids is 1. The number of aromatic carboxylic acids is 1. The first-order valence-electron chi connectivity index (χ1n) is 8.61. The van der Waals surface area contributed by atoms with Crippen LogP contribution in [0.2, 0.25) is 5.02 Å². The Hall–Kier alpha value is -3.31. The first kappa shape index (κ1) is 19.5. The van der Waals surface area contributed by atoms with E-state index < -0.39 is 12.1 Å². The van der Waals surface area contributed by atoms with Gasteiger partial charge in [0.15, 0.2) is 0 Å². The van der Waals surface area contributed by atoms with E-state index in [0.29, 0.717) is 10.6 Å². The predicted molar refractivity (Wildman–Crippen MR) is 107 cm³/mol. The van der Waals surface area contributed by atoms with E-state index in [1.165, 1.54) is 0 Å². The third kappa shape index (κ3) is 4.69. The van der Waals surface area contributed by atoms with Crippen molar-refractivity contribution in [3.63, 3.8) is 0 Å². The van der Waals surface area contributed by atoms with Crippen LogP contribution in [0.4, 0.5) is 4.79 Å². The molecule has 2 N–H and O–H groups in total. The summed E-state index contributed by atoms with van der Waals surface area (Å²) in [5, 5.41) is 12.7. The molecule has 0 heterocycles. The Morgan fingerprint density at radius 2 is 1.46 bits per heavy atom. The summed E-state index contributed by atoms with van der Waals surface area (Å²) in [7, 11) is 0. The Kier molecular flexibility index (Phi) is 6.29. The molecule has 0 atom stereocenters. The van der Waals surface area contributed by atoms with Gasteiger partial charge in [0.1, 0.15) is 6.61 Å². The maximum Gasteiger partial charge on any atom is 0.407 e. The molecule has 0 aliphatic rings. The normalized spacial score (nSPS) is 10.3. The fourth-order valence-electron chi connectivity index (χ4n) is 2.82. The topological polar surface area (TPSA) is 75.6 Å². The van der Waals surface area contributed by atoms with Gasteiger partial charge in [0.05, 0.1) is 5.56 Å². The number of amides is 1. The van der Waals surface area contributed by atoms with Crippen LogP contribution in [0.15, 0.2) is 72.8 Å². The van der Waals surface area contributed by atoms with E-state index in [-0.39, 0.29) is 18.7 Å². The molecule has 3 aromatic rings. The highest BCUT2D eigenvalue weighted by Crippen LogP contribution is 2.27. The van der Waals surface area contributed by atoms with E-state index in [2.05, 4.69) is 5.32 Å². The smallest absolute Gasteiger partial charge is 0.407 e. The highest BCUT2D eigenvalue weighted by molar-refractivity contribution is 6.31. The molecule has 0 spiro atoms. The highest BCUT2D eigenvalue weighted by Gasteiger charge is 2.14. The van der Waals surface area contributed by atoms with Crippen LogP contribution in [0, 0.1) is 0 Å². The van der Waals surface area contributed by atoms with Gasteiger partial charge in [-0.1, -0.05) is 72.3 Å². The van der Waals surface area contributed by atoms with Crippen LogP contribution in [0.1, 0.15) is 21.5 Å². The average molecular weight is 396 g/mol. The van der Waals surface area contributed by atoms with Gasteiger partial charge in [-0.3, -0.25) is 0 Å². The maximum atomic E-state index is 12.1. The van der Waals surface area contributed by atoms with Gasteiger partial charge in [-0.15, -0.1) is 0 Å². The molecule has 0 unspecified atom stereocenters. The van der Waals surface area contributed by atoms with Gasteiger partial charge in [0.2, 0.25) is 0 Å². The Bertz CT molecular complexity index is 1000. The number of alkyl carbamates (subject to hydrolysis) is 1. The molecule has 142 valence electrons. The van der Waals surface area contributed by atoms with Gasteiger partial charge in [0.25, 0.3) is 0 Å². The van der Waals surface area contributed by atoms with Crippen LogP contribution in [-0.2, 0) is 17.9 Å². The summed E-state index contributed by atoms with van der Waals surface area (Å²) in [5.41, 5.74) is 3.04. The number of nitrogens with one attached hydrogen (secondary N) is 1. The minimum Gasteiger partial charge on any atom is -0.478 e. The van der Waals surface area contributed by atoms with Crippen molar-refractivity contribution in [1.29, 1.82) is 0 Å². The third-order valence-corrected chi connectivity index (χ3v) is 4.57. The van der Waals surface area contributed by atoms with Gasteiger partial charge in [-0.05, 0) is 28.8 Å². The van der Waals surface area contributed by atoms with Crippen molar-refractivity contribution in [3.8, 4) is 11.1 Å². The summed E-state index contributed by atoms with van der Waals surface area (Å²) in [5.74, 6) is -1.00. The third-order valence-electron chi connectivity index (χ3n) is 4.20. The molecule has 5 nitrogen and oxygen atoms in total. The van der Waals surface area contributed by atoms with Crippen molar-refractivity contribution in [2.75, 3.05) is 0 Å². The number of halogens is 1. The zero-order valence-corrected chi connectivity index (χ0v) is 15.6. The highest BCUT2D eigenvalue weighted by atomic mass is 35.5. The quantitative estimate of drug-likeness (QED) is 0.606. The van der Waals surface area contributed by atoms with Crippen molar-refractivity contribution in [2.45, 2.75) is 13.2 Å². The number of carbonyl (C=O) groups is 2. The maximum absolute atomic E-state index is 12.1. The molecular formula is C22H18ClNO4. The van der Waals surface area contributed by atoms with Crippen LogP contribution < -0.4 is 5.32 Å². The van der Waals surface area contributed by atoms with E-state index in [0.717, 1.165) is 16.7 Å². The first-order chi connectivity index (χ1) is 13.6. The summed E-state index contributed by atoms with van der Waals surface area (Å²) in [4.78, 5) is 23.6. The van der Waals surface area contributed by atoms with Gasteiger partial charge in [0, 0.05) is 17.1 Å². The van der Waals surface area contributed by atoms with Crippen LogP contribution in [0.3, 0.4) is 0 Å². The van der Waals surface area contributed by atoms with Gasteiger partial charge in [-0.2, -0.15) is 0 Å². The second kappa shape index (κ2) is 9.06. The zero-order chi connectivity index (χ0) is 19.9. The average Bonchev–Trinajstić information content (AvgIpc) is 2.72. The molecule has 0 radical (unpaired) electrons. The molecule has 0 saturated heterocycles. The lowest BCUT2D eigenvalue weighted by molar-refractivity contribution is 0.0697. The molecule has 0 bridgehead atoms. The molecule has 1 amide bonds. The monoisotopic (exact) mass is 395 g/mol. The molecule has 0 aromatic heterocycles. The number of hydrogen-bond donors (Lipinski definition) is 2. The van der Waals surface area contributed by atoms with Gasteiger partial charge >= 0.3 is 12.1 Å². The molecular weight excluding hydrogens is 378 g/mol. The minimum atomic E-state index is -1.00. The molecule has 0 saturated carbocycles. The number of carboxylic acid groups (broad SMARTS) is 1. The van der Waals surface area contributed by atoms with E-state index in [1.807, 2.05) is 30.3 Å². The van der Waals surface area contributed by atoms with E-state index in [4.69, 9.17) is 16.3 Å². The molecule has 0 aliphatic heterocycles. The molecule has 0 aliphatic carbocycles. The van der Waals surface area contributed by atoms with E-state index in [9.17, 15) is 14.7 Å². The van der Waals surface area contributed by atoms with E-state index in [1.54, 1.807) is 42.5 Å². The summed E-state index contributed by atoms with van der Waals surface area (Å²) in [6, 6.07) is 21.2. The second-order valence-electron chi connectivity index (χ2n) is 6.03. The Balaban J connectivity index is 1.70. The summed E-state index contributed by atoms with van der Waals surface area (Å²) < 4.78 is 5.21. The van der Waals surface area contributed by atoms with Crippen molar-refractivity contribution in [2.24, 2.45) is 0 Å². The molecule has 3 rings (SSSR count). The lowest BCUT2D eigenvalue weighted by Crippen LogP contribution is -2.24. The fourth-order valence-corrected chi connectivity index (χ4v) is 3.01. The largest absolute Gasteiger partial charge is 0.478 e. The van der Waals surface area contributed by atoms with Crippen molar-refractivity contribution < 1.29 is 19.4 Å². The number of carbonyl (C=O) groups excluding carboxylic acids is 1. The number of ether oxygens (including phenoxy) is 1. The van der Waals surface area contributed by atoms with Crippen molar-refractivity contribution in [1.82, 2.24) is 5.32 Å². The summed E-state index contributed by atoms with van der Waals surface area (Å²) >= 11 is 6.05. The van der Waals surface area contributed by atoms with Crippen LogP contribution in [0.25, 0.3) is 11.1 Å². The Morgan fingerprint density at radius 3 is 2.18 bits per heavy atom. The SMILES string of the molecule is O=C(NCc1ccccc1-c1ccccc1C(=O)O)OCc1ccccc1Cl. The van der Waals surface area contributed by atoms with Gasteiger partial charge < -0.3 is 15.2 Å². The molecule has 6 heteroatoms. The lowest BCUT2D eigenvalue weighted by atomic mass is 9.95. The van der Waals surface area contributed by atoms with Crippen LogP contribution >= 0.6 is 11.6 Å². The van der Waals surface area contributed by atoms with Gasteiger partial charge in [-0.25, -0.2) is 9.59 Å². The fraction of sp³-hybridized carbons (Fsp3) is 0.0909. The van der Waals surface area contributed by atoms with Crippen molar-refractivity contribution in [3.05, 3.63) is 94.5 Å². The molecule has 0 fully saturated rings. The zero-order valence-electron chi connectivity index (χ0n) is 14.9. The Labute approximate surface area is 167 Å². The predicted octanol–water partition coefficient (Wildman–Crippen LogP) is 5.13. The lowest BCUT2D eigenvalue weighted by Gasteiger charge is -2.13. The number of rotatable bonds is 6. The second-order valence-corrected chi connectivity index (χ2v) is 6.44. The molecule has 3 aromatic carbocycles. The number of benzene rings is 3. The van der Waals surface area contributed by atoms with Crippen LogP contribution in [-0.4, -0.2) is 17.2 Å². The Morgan fingerprint density at radius 1 is 0.857 bits per heavy atom. The first-order valence-corrected chi connectivity index (χ1v) is 8.98. The standard InChI is InChI=1S/C22H18ClNO4/c23-20-12-6-2-8-16(20)14-28-22(27)24-13-15-7-1-3-9-17(15)18-10-4-5-11-19(18)21(25)26/h1-12H,13-14H2,(H,24,27)(H,25,26). The summed E-state index contributed by atoms with van der Waals surface area (Å²) in [6.45, 7) is 0.264. The van der Waals surface area contributed by atoms with Crippen molar-refractivity contribution >= 4 is 23.7 Å².